The molecule has 0 unspecified atom stereocenters. The molecule has 1 heterocycles. The fourth-order valence-electron chi connectivity index (χ4n) is 2.03. The van der Waals surface area contributed by atoms with E-state index in [4.69, 9.17) is 22.1 Å². The van der Waals surface area contributed by atoms with Gasteiger partial charge in [-0.3, -0.25) is 0 Å². The van der Waals surface area contributed by atoms with Crippen LogP contribution in [0.3, 0.4) is 0 Å². The third-order valence-electron chi connectivity index (χ3n) is 3.03. The molecule has 0 amide bonds. The molecule has 104 valence electrons. The number of ether oxygens (including phenoxy) is 1. The van der Waals surface area contributed by atoms with Gasteiger partial charge in [-0.05, 0) is 23.8 Å². The number of aromatic nitrogens is 1. The molecule has 3 rings (SSSR count). The maximum absolute atomic E-state index is 5.89. The minimum Gasteiger partial charge on any atom is -0.436 e. The monoisotopic (exact) mass is 296 g/mol. The summed E-state index contributed by atoms with van der Waals surface area (Å²) in [5.74, 6) is 0.996. The summed E-state index contributed by atoms with van der Waals surface area (Å²) in [5, 5.41) is 0.344. The Balaban J connectivity index is 2.02. The molecule has 0 aliphatic heterocycles. The van der Waals surface area contributed by atoms with Gasteiger partial charge in [0.1, 0.15) is 10.9 Å². The Morgan fingerprint density at radius 3 is 2.38 bits per heavy atom. The van der Waals surface area contributed by atoms with Gasteiger partial charge in [0.2, 0.25) is 5.88 Å². The van der Waals surface area contributed by atoms with E-state index in [1.165, 1.54) is 0 Å². The molecular weight excluding hydrogens is 284 g/mol. The van der Waals surface area contributed by atoms with Crippen molar-refractivity contribution in [2.24, 2.45) is 0 Å². The van der Waals surface area contributed by atoms with Crippen LogP contribution in [0.5, 0.6) is 11.6 Å². The third kappa shape index (κ3) is 2.98. The molecule has 0 bridgehead atoms. The molecular formula is C17H13ClN2O. The summed E-state index contributed by atoms with van der Waals surface area (Å²) in [5.41, 5.74) is 8.36. The van der Waals surface area contributed by atoms with Gasteiger partial charge >= 0.3 is 0 Å². The van der Waals surface area contributed by atoms with Gasteiger partial charge in [0.25, 0.3) is 0 Å². The van der Waals surface area contributed by atoms with Crippen LogP contribution in [0.25, 0.3) is 11.1 Å². The summed E-state index contributed by atoms with van der Waals surface area (Å²) in [6.45, 7) is 0. The molecule has 0 radical (unpaired) electrons. The summed E-state index contributed by atoms with van der Waals surface area (Å²) < 4.78 is 5.85. The predicted octanol–water partition coefficient (Wildman–Crippen LogP) is 4.78. The largest absolute Gasteiger partial charge is 0.436 e. The third-order valence-corrected chi connectivity index (χ3v) is 3.24. The normalized spacial score (nSPS) is 10.3. The summed E-state index contributed by atoms with van der Waals surface area (Å²) in [6.07, 6.45) is 0. The van der Waals surface area contributed by atoms with Gasteiger partial charge in [-0.2, -0.15) is 4.98 Å². The number of para-hydroxylation sites is 1. The lowest BCUT2D eigenvalue weighted by molar-refractivity contribution is 0.467. The van der Waals surface area contributed by atoms with Crippen LogP contribution in [0.2, 0.25) is 5.15 Å². The molecule has 0 spiro atoms. The number of hydrogen-bond acceptors (Lipinski definition) is 3. The van der Waals surface area contributed by atoms with Crippen LogP contribution >= 0.6 is 11.6 Å². The predicted molar refractivity (Wildman–Crippen MR) is 85.6 cm³/mol. The van der Waals surface area contributed by atoms with E-state index in [0.29, 0.717) is 22.5 Å². The minimum atomic E-state index is 0.311. The molecule has 0 aliphatic rings. The molecule has 0 aliphatic carbocycles. The van der Waals surface area contributed by atoms with Crippen LogP contribution in [0.15, 0.2) is 66.7 Å². The van der Waals surface area contributed by atoms with Crippen molar-refractivity contribution in [3.8, 4) is 22.8 Å². The Bertz CT molecular complexity index is 760. The molecule has 2 aromatic carbocycles. The highest BCUT2D eigenvalue weighted by Gasteiger charge is 2.10. The fourth-order valence-corrected chi connectivity index (χ4v) is 2.17. The summed E-state index contributed by atoms with van der Waals surface area (Å²) in [7, 11) is 0. The van der Waals surface area contributed by atoms with E-state index in [-0.39, 0.29) is 0 Å². The number of anilines is 1. The van der Waals surface area contributed by atoms with Crippen molar-refractivity contribution < 1.29 is 4.74 Å². The fraction of sp³-hybridized carbons (Fsp3) is 0. The Hall–Kier alpha value is -2.52. The van der Waals surface area contributed by atoms with E-state index in [9.17, 15) is 0 Å². The van der Waals surface area contributed by atoms with E-state index in [2.05, 4.69) is 4.98 Å². The van der Waals surface area contributed by atoms with Crippen molar-refractivity contribution in [3.63, 3.8) is 0 Å². The maximum Gasteiger partial charge on any atom is 0.244 e. The van der Waals surface area contributed by atoms with Gasteiger partial charge in [-0.15, -0.1) is 0 Å². The van der Waals surface area contributed by atoms with E-state index < -0.39 is 0 Å². The molecule has 3 nitrogen and oxygen atoms in total. The molecule has 0 atom stereocenters. The van der Waals surface area contributed by atoms with E-state index in [0.717, 1.165) is 11.1 Å². The quantitative estimate of drug-likeness (QED) is 0.708. The Labute approximate surface area is 128 Å². The van der Waals surface area contributed by atoms with Crippen molar-refractivity contribution in [2.75, 3.05) is 5.73 Å². The lowest BCUT2D eigenvalue weighted by Gasteiger charge is -2.12. The van der Waals surface area contributed by atoms with E-state index >= 15 is 0 Å². The van der Waals surface area contributed by atoms with Crippen molar-refractivity contribution in [2.45, 2.75) is 0 Å². The highest BCUT2D eigenvalue weighted by Crippen LogP contribution is 2.34. The molecule has 4 heteroatoms. The number of halogens is 1. The van der Waals surface area contributed by atoms with Crippen LogP contribution in [0.1, 0.15) is 0 Å². The zero-order valence-corrected chi connectivity index (χ0v) is 11.9. The van der Waals surface area contributed by atoms with Crippen molar-refractivity contribution in [1.82, 2.24) is 4.98 Å². The highest BCUT2D eigenvalue weighted by molar-refractivity contribution is 6.29. The highest BCUT2D eigenvalue weighted by atomic mass is 35.5. The number of nitrogens with zero attached hydrogens (tertiary/aromatic N) is 1. The molecule has 2 N–H and O–H groups in total. The number of pyridine rings is 1. The number of nitrogen functional groups attached to an aromatic ring is 1. The zero-order valence-electron chi connectivity index (χ0n) is 11.2. The van der Waals surface area contributed by atoms with Gasteiger partial charge in [0, 0.05) is 5.56 Å². The summed E-state index contributed by atoms with van der Waals surface area (Å²) in [6, 6.07) is 21.0. The van der Waals surface area contributed by atoms with Gasteiger partial charge in [-0.25, -0.2) is 0 Å². The second kappa shape index (κ2) is 5.85. The first-order valence-electron chi connectivity index (χ1n) is 6.48. The lowest BCUT2D eigenvalue weighted by atomic mass is 10.1. The summed E-state index contributed by atoms with van der Waals surface area (Å²) in [4.78, 5) is 4.12. The average Bonchev–Trinajstić information content (AvgIpc) is 2.52. The van der Waals surface area contributed by atoms with Gasteiger partial charge < -0.3 is 10.5 Å². The minimum absolute atomic E-state index is 0.311. The van der Waals surface area contributed by atoms with Crippen LogP contribution in [-0.4, -0.2) is 4.98 Å². The second-order valence-corrected chi connectivity index (χ2v) is 4.88. The summed E-state index contributed by atoms with van der Waals surface area (Å²) >= 11 is 5.89. The molecule has 3 aromatic rings. The molecule has 0 saturated heterocycles. The first-order chi connectivity index (χ1) is 10.2. The number of rotatable bonds is 3. The van der Waals surface area contributed by atoms with Crippen LogP contribution in [0, 0.1) is 0 Å². The van der Waals surface area contributed by atoms with Crippen molar-refractivity contribution in [1.29, 1.82) is 0 Å². The van der Waals surface area contributed by atoms with Gasteiger partial charge in [-0.1, -0.05) is 60.1 Å². The molecule has 0 fully saturated rings. The Morgan fingerprint density at radius 2 is 1.57 bits per heavy atom. The molecule has 0 saturated carbocycles. The zero-order chi connectivity index (χ0) is 14.7. The smallest absolute Gasteiger partial charge is 0.244 e. The topological polar surface area (TPSA) is 48.1 Å². The number of benzene rings is 2. The first kappa shape index (κ1) is 13.5. The van der Waals surface area contributed by atoms with E-state index in [1.54, 1.807) is 12.1 Å². The standard InChI is InChI=1S/C17H13ClN2O/c18-16-11-10-14(19)17(20-16)21-15-9-5-4-8-13(15)12-6-2-1-3-7-12/h1-11H,19H2. The van der Waals surface area contributed by atoms with Crippen molar-refractivity contribution in [3.05, 3.63) is 71.9 Å². The van der Waals surface area contributed by atoms with E-state index in [1.807, 2.05) is 54.6 Å². The molecule has 21 heavy (non-hydrogen) atoms. The van der Waals surface area contributed by atoms with Gasteiger partial charge in [0.05, 0.1) is 5.69 Å². The maximum atomic E-state index is 5.89. The average molecular weight is 297 g/mol. The van der Waals surface area contributed by atoms with Crippen LogP contribution in [-0.2, 0) is 0 Å². The molecule has 1 aromatic heterocycles. The number of hydrogen-bond donors (Lipinski definition) is 1. The van der Waals surface area contributed by atoms with Gasteiger partial charge in [0.15, 0.2) is 0 Å². The Morgan fingerprint density at radius 1 is 0.857 bits per heavy atom. The first-order valence-corrected chi connectivity index (χ1v) is 6.86. The van der Waals surface area contributed by atoms with Crippen LogP contribution < -0.4 is 10.5 Å². The number of nitrogens with two attached hydrogens (primary N) is 1. The van der Waals surface area contributed by atoms with Crippen LogP contribution in [0.4, 0.5) is 5.69 Å². The lowest BCUT2D eigenvalue weighted by Crippen LogP contribution is -1.96. The second-order valence-electron chi connectivity index (χ2n) is 4.49. The van der Waals surface area contributed by atoms with Crippen molar-refractivity contribution >= 4 is 17.3 Å². The SMILES string of the molecule is Nc1ccc(Cl)nc1Oc1ccccc1-c1ccccc1. The Kier molecular flexibility index (Phi) is 3.75.